The summed E-state index contributed by atoms with van der Waals surface area (Å²) in [4.78, 5) is 20.4. The first-order valence-corrected chi connectivity index (χ1v) is 10.8. The molecular formula is C23H37N5O2. The lowest BCUT2D eigenvalue weighted by Crippen LogP contribution is -2.07. The van der Waals surface area contributed by atoms with Crippen LogP contribution in [0.5, 0.6) is 0 Å². The summed E-state index contributed by atoms with van der Waals surface area (Å²) in [5.74, 6) is 3.18. The lowest BCUT2D eigenvalue weighted by atomic mass is 10.1. The zero-order valence-corrected chi connectivity index (χ0v) is 19.0. The van der Waals surface area contributed by atoms with Gasteiger partial charge in [-0.05, 0) is 69.3 Å². The van der Waals surface area contributed by atoms with Gasteiger partial charge < -0.3 is 15.6 Å². The number of nitrogens with zero attached hydrogens (tertiary/aromatic N) is 3. The van der Waals surface area contributed by atoms with Gasteiger partial charge in [-0.15, -0.1) is 10.2 Å². The van der Waals surface area contributed by atoms with Crippen LogP contribution in [0.3, 0.4) is 0 Å². The fourth-order valence-electron chi connectivity index (χ4n) is 3.08. The molecule has 1 amide bonds. The number of nitrogens with two attached hydrogens (primary N) is 1. The summed E-state index contributed by atoms with van der Waals surface area (Å²) in [7, 11) is 1.50. The van der Waals surface area contributed by atoms with Crippen molar-refractivity contribution in [2.45, 2.75) is 72.3 Å². The van der Waals surface area contributed by atoms with Crippen LogP contribution in [0.15, 0.2) is 18.2 Å². The third-order valence-corrected chi connectivity index (χ3v) is 4.77. The van der Waals surface area contributed by atoms with E-state index in [4.69, 9.17) is 0 Å². The molecule has 0 saturated heterocycles. The van der Waals surface area contributed by atoms with Crippen molar-refractivity contribution in [3.05, 3.63) is 41.0 Å². The highest BCUT2D eigenvalue weighted by atomic mass is 16.1. The fourth-order valence-corrected chi connectivity index (χ4v) is 3.08. The van der Waals surface area contributed by atoms with Gasteiger partial charge in [0.15, 0.2) is 0 Å². The third kappa shape index (κ3) is 8.06. The smallest absolute Gasteiger partial charge is 0.211 e. The molecule has 3 rings (SSSR count). The quantitative estimate of drug-likeness (QED) is 0.600. The second kappa shape index (κ2) is 13.6. The van der Waals surface area contributed by atoms with Crippen LogP contribution >= 0.6 is 0 Å². The van der Waals surface area contributed by atoms with E-state index in [1.165, 1.54) is 38.0 Å². The predicted octanol–water partition coefficient (Wildman–Crippen LogP) is 4.10. The number of carbonyl (C=O) groups is 2. The maximum atomic E-state index is 10.3. The van der Waals surface area contributed by atoms with Crippen molar-refractivity contribution in [1.29, 1.82) is 0 Å². The number of hydrogen-bond donors (Lipinski definition) is 2. The molecule has 2 aromatic rings. The number of hydrogen-bond acceptors (Lipinski definition) is 5. The Kier molecular flexibility index (Phi) is 11.6. The molecule has 0 spiro atoms. The highest BCUT2D eigenvalue weighted by molar-refractivity contribution is 5.79. The van der Waals surface area contributed by atoms with Gasteiger partial charge >= 0.3 is 0 Å². The van der Waals surface area contributed by atoms with Crippen molar-refractivity contribution in [2.75, 3.05) is 12.4 Å². The van der Waals surface area contributed by atoms with Crippen molar-refractivity contribution in [3.8, 4) is 0 Å². The summed E-state index contributed by atoms with van der Waals surface area (Å²) < 4.78 is 2.42. The van der Waals surface area contributed by atoms with Gasteiger partial charge in [0.1, 0.15) is 17.9 Å². The lowest BCUT2D eigenvalue weighted by molar-refractivity contribution is -0.105. The highest BCUT2D eigenvalue weighted by Gasteiger charge is 2.28. The van der Waals surface area contributed by atoms with Crippen molar-refractivity contribution in [1.82, 2.24) is 14.8 Å². The minimum absolute atomic E-state index is 0.614. The SMILES string of the molecule is CCCc1nnc(CCC(C)C)n1C1CC1.CN.Cc1cc(C=O)ccc1NC=O. The average molecular weight is 416 g/mol. The number of aryl methyl sites for hydroxylation is 3. The Balaban J connectivity index is 0.000000287. The maximum absolute atomic E-state index is 10.3. The topological polar surface area (TPSA) is 103 Å². The Morgan fingerprint density at radius 2 is 1.80 bits per heavy atom. The number of aldehydes is 1. The number of rotatable bonds is 9. The molecule has 7 nitrogen and oxygen atoms in total. The number of aromatic nitrogens is 3. The number of nitrogens with one attached hydrogen (secondary N) is 1. The van der Waals surface area contributed by atoms with Gasteiger partial charge in [-0.2, -0.15) is 0 Å². The van der Waals surface area contributed by atoms with E-state index in [0.717, 1.165) is 48.8 Å². The van der Waals surface area contributed by atoms with Gasteiger partial charge in [-0.25, -0.2) is 0 Å². The number of anilines is 1. The van der Waals surface area contributed by atoms with Crippen LogP contribution in [0, 0.1) is 12.8 Å². The molecule has 1 saturated carbocycles. The lowest BCUT2D eigenvalue weighted by Gasteiger charge is -2.09. The van der Waals surface area contributed by atoms with E-state index in [-0.39, 0.29) is 0 Å². The van der Waals surface area contributed by atoms with Crippen molar-refractivity contribution < 1.29 is 9.59 Å². The van der Waals surface area contributed by atoms with E-state index in [1.54, 1.807) is 18.2 Å². The molecule has 0 bridgehead atoms. The van der Waals surface area contributed by atoms with Gasteiger partial charge in [0.2, 0.25) is 6.41 Å². The third-order valence-electron chi connectivity index (χ3n) is 4.77. The predicted molar refractivity (Wildman–Crippen MR) is 122 cm³/mol. The van der Waals surface area contributed by atoms with Crippen LogP contribution in [-0.2, 0) is 17.6 Å². The Labute approximate surface area is 180 Å². The molecule has 0 radical (unpaired) electrons. The van der Waals surface area contributed by atoms with Gasteiger partial charge in [-0.1, -0.05) is 20.8 Å². The number of benzene rings is 1. The minimum atomic E-state index is 0.614. The van der Waals surface area contributed by atoms with Crippen LogP contribution < -0.4 is 11.1 Å². The van der Waals surface area contributed by atoms with Crippen LogP contribution in [0.2, 0.25) is 0 Å². The zero-order chi connectivity index (χ0) is 22.5. The molecule has 30 heavy (non-hydrogen) atoms. The van der Waals surface area contributed by atoms with Crippen molar-refractivity contribution in [2.24, 2.45) is 11.7 Å². The molecular weight excluding hydrogens is 378 g/mol. The van der Waals surface area contributed by atoms with Crippen molar-refractivity contribution in [3.63, 3.8) is 0 Å². The summed E-state index contributed by atoms with van der Waals surface area (Å²) >= 11 is 0. The van der Waals surface area contributed by atoms with Crippen molar-refractivity contribution >= 4 is 18.4 Å². The second-order valence-electron chi connectivity index (χ2n) is 7.77. The molecule has 0 unspecified atom stereocenters. The van der Waals surface area contributed by atoms with E-state index < -0.39 is 0 Å². The Morgan fingerprint density at radius 3 is 2.27 bits per heavy atom. The molecule has 1 fully saturated rings. The molecule has 1 aliphatic carbocycles. The maximum Gasteiger partial charge on any atom is 0.211 e. The molecule has 1 heterocycles. The zero-order valence-electron chi connectivity index (χ0n) is 19.0. The summed E-state index contributed by atoms with van der Waals surface area (Å²) in [6.45, 7) is 8.58. The minimum Gasteiger partial charge on any atom is -0.333 e. The summed E-state index contributed by atoms with van der Waals surface area (Å²) in [6.07, 6.45) is 8.58. The largest absolute Gasteiger partial charge is 0.333 e. The molecule has 3 N–H and O–H groups in total. The van der Waals surface area contributed by atoms with E-state index >= 15 is 0 Å². The van der Waals surface area contributed by atoms with E-state index in [2.05, 4.69) is 46.6 Å². The fraction of sp³-hybridized carbons (Fsp3) is 0.565. The standard InChI is InChI=1S/C13H23N3.C9H9NO2.CH5N/c1-4-5-12-14-15-13(9-6-10(2)3)16(12)11-7-8-11;1-7-4-8(5-11)2-3-9(7)10-6-12;1-2/h10-11H,4-9H2,1-3H3;2-6H,1H3,(H,10,12);2H2,1H3. The molecule has 1 aromatic heterocycles. The van der Waals surface area contributed by atoms with Crippen LogP contribution in [0.4, 0.5) is 5.69 Å². The van der Waals surface area contributed by atoms with Crippen LogP contribution in [0.25, 0.3) is 0 Å². The van der Waals surface area contributed by atoms with Crippen LogP contribution in [0.1, 0.15) is 80.1 Å². The first-order valence-electron chi connectivity index (χ1n) is 10.8. The molecule has 7 heteroatoms. The van der Waals surface area contributed by atoms with E-state index in [0.29, 0.717) is 12.0 Å². The monoisotopic (exact) mass is 415 g/mol. The highest BCUT2D eigenvalue weighted by Crippen LogP contribution is 2.37. The number of amides is 1. The van der Waals surface area contributed by atoms with E-state index in [9.17, 15) is 9.59 Å². The van der Waals surface area contributed by atoms with E-state index in [1.807, 2.05) is 6.92 Å². The molecule has 166 valence electrons. The number of carbonyl (C=O) groups excluding carboxylic acids is 2. The average Bonchev–Trinajstić information content (AvgIpc) is 3.51. The van der Waals surface area contributed by atoms with Gasteiger partial charge in [0, 0.05) is 30.1 Å². The summed E-state index contributed by atoms with van der Waals surface area (Å²) in [5.41, 5.74) is 6.73. The molecule has 0 aliphatic heterocycles. The van der Waals surface area contributed by atoms with Crippen LogP contribution in [-0.4, -0.2) is 34.5 Å². The Morgan fingerprint density at radius 1 is 1.17 bits per heavy atom. The molecule has 0 atom stereocenters. The second-order valence-corrected chi connectivity index (χ2v) is 7.77. The van der Waals surface area contributed by atoms with Gasteiger partial charge in [-0.3, -0.25) is 9.59 Å². The first kappa shape index (κ1) is 25.5. The normalized spacial score (nSPS) is 12.4. The Bertz CT molecular complexity index is 782. The van der Waals surface area contributed by atoms with Gasteiger partial charge in [0.05, 0.1) is 0 Å². The van der Waals surface area contributed by atoms with Gasteiger partial charge in [0.25, 0.3) is 0 Å². The molecule has 1 aromatic carbocycles. The Hall–Kier alpha value is -2.54. The first-order chi connectivity index (χ1) is 14.5. The summed E-state index contributed by atoms with van der Waals surface area (Å²) in [5, 5.41) is 11.3. The summed E-state index contributed by atoms with van der Waals surface area (Å²) in [6, 6.07) is 5.80. The molecule has 1 aliphatic rings.